The largest absolute Gasteiger partial charge is 0.489 e. The molecule has 2 N–H and O–H groups in total. The lowest BCUT2D eigenvalue weighted by Gasteiger charge is -2.19. The summed E-state index contributed by atoms with van der Waals surface area (Å²) >= 11 is 0. The molecule has 0 amide bonds. The molecule has 2 rings (SSSR count). The van der Waals surface area contributed by atoms with Crippen LogP contribution in [-0.2, 0) is 13.2 Å². The van der Waals surface area contributed by atoms with Crippen LogP contribution in [0.1, 0.15) is 30.5 Å². The third kappa shape index (κ3) is 5.38. The lowest BCUT2D eigenvalue weighted by atomic mass is 10.0. The van der Waals surface area contributed by atoms with Gasteiger partial charge in [-0.1, -0.05) is 31.2 Å². The monoisotopic (exact) mass is 324 g/mol. The molecule has 0 heterocycles. The third-order valence-electron chi connectivity index (χ3n) is 4.13. The minimum Gasteiger partial charge on any atom is -0.489 e. The van der Waals surface area contributed by atoms with Gasteiger partial charge in [0.2, 0.25) is 0 Å². The summed E-state index contributed by atoms with van der Waals surface area (Å²) in [6.07, 6.45) is 0. The number of aliphatic hydroxyl groups excluding tert-OH is 1. The van der Waals surface area contributed by atoms with Crippen LogP contribution in [0.4, 0.5) is 0 Å². The molecule has 0 fully saturated rings. The van der Waals surface area contributed by atoms with Crippen LogP contribution in [0.3, 0.4) is 0 Å². The minimum absolute atomic E-state index is 0.180. The zero-order valence-electron chi connectivity index (χ0n) is 14.2. The van der Waals surface area contributed by atoms with Crippen molar-refractivity contribution in [2.75, 3.05) is 6.61 Å². The van der Waals surface area contributed by atoms with Crippen molar-refractivity contribution in [3.8, 4) is 11.8 Å². The fourth-order valence-electron chi connectivity index (χ4n) is 2.28. The molecule has 0 aliphatic rings. The highest BCUT2D eigenvalue weighted by atomic mass is 16.5. The Morgan fingerprint density at radius 2 is 1.88 bits per heavy atom. The normalized spacial score (nSPS) is 13.1. The van der Waals surface area contributed by atoms with E-state index in [0.29, 0.717) is 12.2 Å². The van der Waals surface area contributed by atoms with Gasteiger partial charge in [0, 0.05) is 19.2 Å². The smallest absolute Gasteiger partial charge is 0.120 e. The van der Waals surface area contributed by atoms with Crippen molar-refractivity contribution in [3.63, 3.8) is 0 Å². The second kappa shape index (κ2) is 9.07. The van der Waals surface area contributed by atoms with Crippen LogP contribution in [0.5, 0.6) is 5.75 Å². The highest BCUT2D eigenvalue weighted by Gasteiger charge is 2.10. The molecule has 4 heteroatoms. The van der Waals surface area contributed by atoms with E-state index in [2.05, 4.69) is 18.3 Å². The number of nitriles is 1. The summed E-state index contributed by atoms with van der Waals surface area (Å²) < 4.78 is 5.83. The first-order valence-corrected chi connectivity index (χ1v) is 8.17. The first-order valence-electron chi connectivity index (χ1n) is 8.17. The van der Waals surface area contributed by atoms with E-state index in [1.165, 1.54) is 0 Å². The summed E-state index contributed by atoms with van der Waals surface area (Å²) in [6, 6.07) is 17.8. The summed E-state index contributed by atoms with van der Waals surface area (Å²) in [4.78, 5) is 0. The van der Waals surface area contributed by atoms with Gasteiger partial charge in [0.05, 0.1) is 11.6 Å². The summed E-state index contributed by atoms with van der Waals surface area (Å²) in [7, 11) is 0. The van der Waals surface area contributed by atoms with E-state index in [0.717, 1.165) is 23.4 Å². The van der Waals surface area contributed by atoms with Crippen molar-refractivity contribution in [2.45, 2.75) is 33.0 Å². The molecule has 0 saturated carbocycles. The van der Waals surface area contributed by atoms with Gasteiger partial charge in [-0.25, -0.2) is 0 Å². The van der Waals surface area contributed by atoms with Crippen molar-refractivity contribution in [1.82, 2.24) is 5.32 Å². The predicted molar refractivity (Wildman–Crippen MR) is 94.5 cm³/mol. The quantitative estimate of drug-likeness (QED) is 0.782. The Balaban J connectivity index is 1.91. The SMILES string of the molecule is CC(CO)C(C)NCc1cccc(OCc2cccc(C#N)c2)c1. The van der Waals surface area contributed by atoms with Crippen LogP contribution in [0, 0.1) is 17.2 Å². The maximum atomic E-state index is 9.18. The maximum Gasteiger partial charge on any atom is 0.120 e. The van der Waals surface area contributed by atoms with Crippen LogP contribution < -0.4 is 10.1 Å². The lowest BCUT2D eigenvalue weighted by Crippen LogP contribution is -2.33. The minimum atomic E-state index is 0.180. The van der Waals surface area contributed by atoms with Crippen LogP contribution in [0.15, 0.2) is 48.5 Å². The molecular formula is C20H24N2O2. The average Bonchev–Trinajstić information content (AvgIpc) is 2.64. The molecule has 126 valence electrons. The molecule has 0 radical (unpaired) electrons. The Hall–Kier alpha value is -2.35. The molecule has 0 bridgehead atoms. The number of hydrogen-bond acceptors (Lipinski definition) is 4. The van der Waals surface area contributed by atoms with Gasteiger partial charge in [-0.05, 0) is 48.2 Å². The van der Waals surface area contributed by atoms with Gasteiger partial charge in [-0.3, -0.25) is 0 Å². The number of nitrogens with zero attached hydrogens (tertiary/aromatic N) is 1. The highest BCUT2D eigenvalue weighted by molar-refractivity contribution is 5.33. The number of rotatable bonds is 8. The lowest BCUT2D eigenvalue weighted by molar-refractivity contribution is 0.207. The van der Waals surface area contributed by atoms with Gasteiger partial charge in [0.1, 0.15) is 12.4 Å². The van der Waals surface area contributed by atoms with E-state index < -0.39 is 0 Å². The first kappa shape index (κ1) is 18.0. The van der Waals surface area contributed by atoms with Crippen LogP contribution in [0.2, 0.25) is 0 Å². The van der Waals surface area contributed by atoms with Gasteiger partial charge < -0.3 is 15.2 Å². The second-order valence-electron chi connectivity index (χ2n) is 6.08. The number of nitrogens with one attached hydrogen (secondary N) is 1. The molecule has 0 aromatic heterocycles. The Labute approximate surface area is 143 Å². The van der Waals surface area contributed by atoms with E-state index in [1.54, 1.807) is 6.07 Å². The maximum absolute atomic E-state index is 9.18. The molecule has 2 aromatic carbocycles. The number of ether oxygens (including phenoxy) is 1. The molecule has 0 saturated heterocycles. The fourth-order valence-corrected chi connectivity index (χ4v) is 2.28. The van der Waals surface area contributed by atoms with Crippen LogP contribution >= 0.6 is 0 Å². The summed E-state index contributed by atoms with van der Waals surface area (Å²) in [5.41, 5.74) is 2.75. The van der Waals surface area contributed by atoms with Gasteiger partial charge >= 0.3 is 0 Å². The van der Waals surface area contributed by atoms with Crippen molar-refractivity contribution in [3.05, 3.63) is 65.2 Å². The molecule has 0 spiro atoms. The van der Waals surface area contributed by atoms with E-state index in [-0.39, 0.29) is 18.6 Å². The molecule has 0 aliphatic carbocycles. The Bertz CT molecular complexity index is 694. The second-order valence-corrected chi connectivity index (χ2v) is 6.08. The molecule has 4 nitrogen and oxygen atoms in total. The topological polar surface area (TPSA) is 65.3 Å². The summed E-state index contributed by atoms with van der Waals surface area (Å²) in [6.45, 7) is 5.44. The van der Waals surface area contributed by atoms with E-state index in [1.807, 2.05) is 49.4 Å². The Morgan fingerprint density at radius 3 is 2.62 bits per heavy atom. The molecule has 24 heavy (non-hydrogen) atoms. The van der Waals surface area contributed by atoms with Crippen molar-refractivity contribution < 1.29 is 9.84 Å². The first-order chi connectivity index (χ1) is 11.6. The number of hydrogen-bond donors (Lipinski definition) is 2. The van der Waals surface area contributed by atoms with E-state index in [9.17, 15) is 5.11 Å². The summed E-state index contributed by atoms with van der Waals surface area (Å²) in [5, 5.41) is 21.5. The zero-order valence-corrected chi connectivity index (χ0v) is 14.2. The van der Waals surface area contributed by atoms with Gasteiger partial charge in [-0.15, -0.1) is 0 Å². The molecule has 2 aromatic rings. The fraction of sp³-hybridized carbons (Fsp3) is 0.350. The Kier molecular flexibility index (Phi) is 6.80. The van der Waals surface area contributed by atoms with Crippen molar-refractivity contribution in [2.24, 2.45) is 5.92 Å². The average molecular weight is 324 g/mol. The molecule has 2 atom stereocenters. The van der Waals surface area contributed by atoms with Crippen LogP contribution in [0.25, 0.3) is 0 Å². The van der Waals surface area contributed by atoms with E-state index in [4.69, 9.17) is 10.00 Å². The van der Waals surface area contributed by atoms with Crippen LogP contribution in [-0.4, -0.2) is 17.8 Å². The molecular weight excluding hydrogens is 300 g/mol. The molecule has 2 unspecified atom stereocenters. The van der Waals surface area contributed by atoms with Gasteiger partial charge in [-0.2, -0.15) is 5.26 Å². The van der Waals surface area contributed by atoms with Crippen molar-refractivity contribution in [1.29, 1.82) is 5.26 Å². The highest BCUT2D eigenvalue weighted by Crippen LogP contribution is 2.16. The number of benzene rings is 2. The Morgan fingerprint density at radius 1 is 1.12 bits per heavy atom. The predicted octanol–water partition coefficient (Wildman–Crippen LogP) is 3.24. The van der Waals surface area contributed by atoms with Gasteiger partial charge in [0.25, 0.3) is 0 Å². The zero-order chi connectivity index (χ0) is 17.4. The number of aliphatic hydroxyl groups is 1. The van der Waals surface area contributed by atoms with Crippen molar-refractivity contribution >= 4 is 0 Å². The summed E-state index contributed by atoms with van der Waals surface area (Å²) in [5.74, 6) is 1.02. The standard InChI is InChI=1S/C20H24N2O2/c1-15(13-23)16(2)22-12-18-6-4-8-20(10-18)24-14-19-7-3-5-17(9-19)11-21/h3-10,15-16,22-23H,12-14H2,1-2H3. The third-order valence-corrected chi connectivity index (χ3v) is 4.13. The van der Waals surface area contributed by atoms with Gasteiger partial charge in [0.15, 0.2) is 0 Å². The molecule has 0 aliphatic heterocycles. The van der Waals surface area contributed by atoms with E-state index >= 15 is 0 Å².